The van der Waals surface area contributed by atoms with Crippen molar-refractivity contribution < 1.29 is 9.00 Å². The molecule has 2 rings (SSSR count). The Morgan fingerprint density at radius 1 is 1.57 bits per heavy atom. The van der Waals surface area contributed by atoms with E-state index in [0.717, 1.165) is 12.8 Å². The molecule has 2 fully saturated rings. The molecule has 2 atom stereocenters. The van der Waals surface area contributed by atoms with E-state index in [1.165, 1.54) is 0 Å². The fourth-order valence-electron chi connectivity index (χ4n) is 3.21. The molecule has 0 unspecified atom stereocenters. The molecule has 78 valence electrons. The first-order valence-electron chi connectivity index (χ1n) is 4.83. The predicted molar refractivity (Wildman–Crippen MR) is 57.6 cm³/mol. The number of fused-ring (bicyclic) bond motifs is 2. The summed E-state index contributed by atoms with van der Waals surface area (Å²) in [5, 5.41) is 0. The Hall–Kier alpha value is -0.150. The Morgan fingerprint density at radius 2 is 2.21 bits per heavy atom. The van der Waals surface area contributed by atoms with Crippen LogP contribution in [0.15, 0.2) is 0 Å². The van der Waals surface area contributed by atoms with Crippen molar-refractivity contribution in [1.82, 2.24) is 0 Å². The van der Waals surface area contributed by atoms with Gasteiger partial charge >= 0.3 is 0 Å². The lowest BCUT2D eigenvalue weighted by atomic mass is 9.70. The minimum Gasteiger partial charge on any atom is -0.299 e. The zero-order valence-electron chi connectivity index (χ0n) is 8.30. The maximum Gasteiger partial charge on any atom is 0.146 e. The van der Waals surface area contributed by atoms with Crippen molar-refractivity contribution >= 4 is 33.0 Å². The van der Waals surface area contributed by atoms with Gasteiger partial charge in [0.15, 0.2) is 0 Å². The van der Waals surface area contributed by atoms with Crippen LogP contribution in [0.5, 0.6) is 0 Å². The van der Waals surface area contributed by atoms with E-state index in [2.05, 4.69) is 13.8 Å². The predicted octanol–water partition coefficient (Wildman–Crippen LogP) is 1.96. The van der Waals surface area contributed by atoms with Crippen molar-refractivity contribution in [3.63, 3.8) is 0 Å². The van der Waals surface area contributed by atoms with Crippen LogP contribution < -0.4 is 0 Å². The summed E-state index contributed by atoms with van der Waals surface area (Å²) in [6.45, 7) is 4.13. The molecule has 0 spiro atoms. The van der Waals surface area contributed by atoms with E-state index in [9.17, 15) is 9.00 Å². The number of hydrogen-bond donors (Lipinski definition) is 0. The van der Waals surface area contributed by atoms with Gasteiger partial charge in [-0.2, -0.15) is 0 Å². The van der Waals surface area contributed by atoms with Crippen molar-refractivity contribution in [3.8, 4) is 0 Å². The third-order valence-electron chi connectivity index (χ3n) is 4.30. The van der Waals surface area contributed by atoms with Crippen LogP contribution in [0.2, 0.25) is 0 Å². The summed E-state index contributed by atoms with van der Waals surface area (Å²) in [4.78, 5) is 11.9. The maximum atomic E-state index is 11.9. The maximum absolute atomic E-state index is 11.9. The molecule has 0 heterocycles. The smallest absolute Gasteiger partial charge is 0.146 e. The van der Waals surface area contributed by atoms with Gasteiger partial charge in [0.25, 0.3) is 0 Å². The van der Waals surface area contributed by atoms with Crippen molar-refractivity contribution in [2.45, 2.75) is 33.1 Å². The number of carbonyl (C=O) groups is 1. The molecule has 0 N–H and O–H groups in total. The number of carbonyl (C=O) groups excluding carboxylic acids is 1. The van der Waals surface area contributed by atoms with Crippen LogP contribution in [-0.2, 0) is 16.1 Å². The third-order valence-corrected chi connectivity index (χ3v) is 5.31. The zero-order chi connectivity index (χ0) is 10.6. The van der Waals surface area contributed by atoms with Gasteiger partial charge in [0.2, 0.25) is 0 Å². The molecule has 0 radical (unpaired) electrons. The Labute approximate surface area is 92.1 Å². The van der Waals surface area contributed by atoms with E-state index < -0.39 is 5.41 Å². The highest BCUT2D eigenvalue weighted by Gasteiger charge is 2.66. The van der Waals surface area contributed by atoms with Gasteiger partial charge in [-0.05, 0) is 24.2 Å². The van der Waals surface area contributed by atoms with Crippen molar-refractivity contribution in [2.24, 2.45) is 16.7 Å². The first-order chi connectivity index (χ1) is 6.46. The van der Waals surface area contributed by atoms with E-state index in [1.54, 1.807) is 0 Å². The molecule has 0 aliphatic heterocycles. The van der Waals surface area contributed by atoms with Gasteiger partial charge < -0.3 is 0 Å². The molecule has 14 heavy (non-hydrogen) atoms. The lowest BCUT2D eigenvalue weighted by Crippen LogP contribution is -2.41. The summed E-state index contributed by atoms with van der Waals surface area (Å²) < 4.78 is 11.1. The van der Waals surface area contributed by atoms with Crippen molar-refractivity contribution in [3.05, 3.63) is 0 Å². The SMILES string of the molecule is CC1(C)[C@H]2CC[C@]1(C(Cl)=S=O)C(=O)C2. The van der Waals surface area contributed by atoms with Gasteiger partial charge in [-0.25, -0.2) is 4.21 Å². The molecule has 0 amide bonds. The Kier molecular flexibility index (Phi) is 2.16. The number of rotatable bonds is 1. The third kappa shape index (κ3) is 0.924. The van der Waals surface area contributed by atoms with Gasteiger partial charge in [-0.1, -0.05) is 25.4 Å². The Bertz CT molecular complexity index is 357. The highest BCUT2D eigenvalue weighted by atomic mass is 35.5. The van der Waals surface area contributed by atoms with Crippen LogP contribution in [0.25, 0.3) is 0 Å². The second-order valence-electron chi connectivity index (χ2n) is 4.85. The second kappa shape index (κ2) is 2.92. The number of Topliss-reactive ketones (excluding diaryl/α,β-unsaturated/α-hetero) is 1. The molecule has 4 heteroatoms. The van der Waals surface area contributed by atoms with Crippen molar-refractivity contribution in [2.75, 3.05) is 0 Å². The molecule has 2 aliphatic carbocycles. The molecule has 2 bridgehead atoms. The van der Waals surface area contributed by atoms with E-state index in [-0.39, 0.29) is 26.8 Å². The topological polar surface area (TPSA) is 34.1 Å². The average Bonchev–Trinajstić information content (AvgIpc) is 2.49. The van der Waals surface area contributed by atoms with Gasteiger partial charge in [0.1, 0.15) is 21.4 Å². The van der Waals surface area contributed by atoms with Crippen LogP contribution in [0.3, 0.4) is 0 Å². The molecule has 0 aromatic heterocycles. The molecule has 2 saturated carbocycles. The fourth-order valence-corrected chi connectivity index (χ4v) is 4.27. The molecule has 0 aromatic carbocycles. The number of hydrogen-bond acceptors (Lipinski definition) is 2. The summed E-state index contributed by atoms with van der Waals surface area (Å²) in [5.41, 5.74) is -0.760. The second-order valence-corrected chi connectivity index (χ2v) is 6.02. The quantitative estimate of drug-likeness (QED) is 0.512. The van der Waals surface area contributed by atoms with Gasteiger partial charge in [-0.15, -0.1) is 0 Å². The highest BCUT2D eigenvalue weighted by Crippen LogP contribution is 2.64. The van der Waals surface area contributed by atoms with Crippen LogP contribution in [-0.4, -0.2) is 14.3 Å². The number of halogens is 1. The van der Waals surface area contributed by atoms with Gasteiger partial charge in [0, 0.05) is 6.42 Å². The first-order valence-corrected chi connectivity index (χ1v) is 5.95. The van der Waals surface area contributed by atoms with E-state index >= 15 is 0 Å². The van der Waals surface area contributed by atoms with E-state index in [0.29, 0.717) is 12.3 Å². The standard InChI is InChI=1S/C10H13ClO2S/c1-9(2)6-3-4-10(9,7(12)5-6)8(11)14-13/h6H,3-5H2,1-2H3/t6-,10+/m0/s1. The first kappa shape index (κ1) is 10.4. The molecule has 2 nitrogen and oxygen atoms in total. The average molecular weight is 233 g/mol. The van der Waals surface area contributed by atoms with E-state index in [4.69, 9.17) is 11.6 Å². The van der Waals surface area contributed by atoms with Crippen LogP contribution in [0, 0.1) is 16.7 Å². The molecular formula is C10H13ClO2S. The lowest BCUT2D eigenvalue weighted by molar-refractivity contribution is -0.125. The minimum atomic E-state index is -0.633. The molecule has 0 aromatic rings. The van der Waals surface area contributed by atoms with E-state index in [1.807, 2.05) is 0 Å². The summed E-state index contributed by atoms with van der Waals surface area (Å²) in [6.07, 6.45) is 2.39. The summed E-state index contributed by atoms with van der Waals surface area (Å²) in [6, 6.07) is 0. The normalized spacial score (nSPS) is 38.8. The largest absolute Gasteiger partial charge is 0.299 e. The minimum absolute atomic E-state index is 0.126. The summed E-state index contributed by atoms with van der Waals surface area (Å²) >= 11 is 6.27. The van der Waals surface area contributed by atoms with Gasteiger partial charge in [-0.3, -0.25) is 4.79 Å². The van der Waals surface area contributed by atoms with Gasteiger partial charge in [0.05, 0.1) is 5.41 Å². The number of ketones is 1. The highest BCUT2D eigenvalue weighted by molar-refractivity contribution is 7.70. The fraction of sp³-hybridized carbons (Fsp3) is 0.800. The van der Waals surface area contributed by atoms with Crippen molar-refractivity contribution in [1.29, 1.82) is 0 Å². The molecular weight excluding hydrogens is 220 g/mol. The Balaban J connectivity index is 2.61. The molecule has 2 aliphatic rings. The van der Waals surface area contributed by atoms with Crippen LogP contribution in [0.4, 0.5) is 0 Å². The monoisotopic (exact) mass is 232 g/mol. The molecule has 0 saturated heterocycles. The van der Waals surface area contributed by atoms with Crippen LogP contribution >= 0.6 is 11.6 Å². The lowest BCUT2D eigenvalue weighted by Gasteiger charge is -2.34. The zero-order valence-corrected chi connectivity index (χ0v) is 9.87. The summed E-state index contributed by atoms with van der Waals surface area (Å²) in [7, 11) is 0. The summed E-state index contributed by atoms with van der Waals surface area (Å²) in [5.74, 6) is 0.586. The Morgan fingerprint density at radius 3 is 2.57 bits per heavy atom. The van der Waals surface area contributed by atoms with Crippen LogP contribution in [0.1, 0.15) is 33.1 Å².